The summed E-state index contributed by atoms with van der Waals surface area (Å²) in [4.78, 5) is 31.9. The van der Waals surface area contributed by atoms with E-state index in [4.69, 9.17) is 10.5 Å². The number of benzene rings is 1. The van der Waals surface area contributed by atoms with Crippen molar-refractivity contribution in [2.45, 2.75) is 50.6 Å². The highest BCUT2D eigenvalue weighted by molar-refractivity contribution is 5.83. The molecular weight excluding hydrogens is 404 g/mol. The van der Waals surface area contributed by atoms with Gasteiger partial charge in [-0.3, -0.25) is 9.69 Å². The van der Waals surface area contributed by atoms with E-state index in [9.17, 15) is 9.59 Å². The van der Waals surface area contributed by atoms with Gasteiger partial charge in [-0.15, -0.1) is 0 Å². The summed E-state index contributed by atoms with van der Waals surface area (Å²) < 4.78 is 5.40. The first kappa shape index (κ1) is 23.1. The summed E-state index contributed by atoms with van der Waals surface area (Å²) in [6, 6.07) is 10.8. The van der Waals surface area contributed by atoms with E-state index in [0.29, 0.717) is 19.0 Å². The molecule has 2 saturated heterocycles. The fourth-order valence-corrected chi connectivity index (χ4v) is 5.78. The van der Waals surface area contributed by atoms with E-state index in [1.165, 1.54) is 5.56 Å². The van der Waals surface area contributed by atoms with Gasteiger partial charge in [0.1, 0.15) is 0 Å². The maximum atomic E-state index is 13.6. The van der Waals surface area contributed by atoms with Crippen LogP contribution in [-0.2, 0) is 15.1 Å². The Morgan fingerprint density at radius 2 is 1.78 bits per heavy atom. The van der Waals surface area contributed by atoms with Crippen molar-refractivity contribution in [1.29, 1.82) is 0 Å². The summed E-state index contributed by atoms with van der Waals surface area (Å²) in [6.45, 7) is 6.84. The Morgan fingerprint density at radius 1 is 1.16 bits per heavy atom. The van der Waals surface area contributed by atoms with E-state index in [1.807, 2.05) is 18.7 Å². The molecule has 0 radical (unpaired) electrons. The van der Waals surface area contributed by atoms with Crippen molar-refractivity contribution in [2.75, 3.05) is 46.9 Å². The highest BCUT2D eigenvalue weighted by Crippen LogP contribution is 2.49. The van der Waals surface area contributed by atoms with E-state index in [1.54, 1.807) is 0 Å². The van der Waals surface area contributed by atoms with Gasteiger partial charge in [-0.25, -0.2) is 4.79 Å². The Bertz CT molecular complexity index is 842. The Balaban J connectivity index is 1.59. The van der Waals surface area contributed by atoms with Crippen LogP contribution >= 0.6 is 0 Å². The molecular formula is C25H38N4O3. The molecule has 1 aliphatic carbocycles. The number of nitrogens with zero attached hydrogens (tertiary/aromatic N) is 3. The zero-order chi connectivity index (χ0) is 23.1. The number of carbonyl (C=O) groups is 2. The van der Waals surface area contributed by atoms with Crippen molar-refractivity contribution < 1.29 is 14.3 Å². The predicted octanol–water partition coefficient (Wildman–Crippen LogP) is 2.65. The molecule has 176 valence electrons. The molecule has 4 rings (SSSR count). The van der Waals surface area contributed by atoms with E-state index in [0.717, 1.165) is 45.4 Å². The van der Waals surface area contributed by atoms with Crippen LogP contribution in [0.3, 0.4) is 0 Å². The molecule has 0 aromatic heterocycles. The van der Waals surface area contributed by atoms with Crippen molar-refractivity contribution in [3.63, 3.8) is 0 Å². The van der Waals surface area contributed by atoms with E-state index in [2.05, 4.69) is 54.2 Å². The van der Waals surface area contributed by atoms with Gasteiger partial charge in [0.15, 0.2) is 0 Å². The van der Waals surface area contributed by atoms with Crippen LogP contribution in [0.25, 0.3) is 0 Å². The number of hydrogen-bond donors (Lipinski definition) is 1. The maximum Gasteiger partial charge on any atom is 0.320 e. The molecule has 2 N–H and O–H groups in total. The average molecular weight is 443 g/mol. The average Bonchev–Trinajstić information content (AvgIpc) is 2.96. The normalized spacial score (nSPS) is 29.1. The van der Waals surface area contributed by atoms with Crippen LogP contribution in [0, 0.1) is 11.3 Å². The van der Waals surface area contributed by atoms with Gasteiger partial charge in [0.2, 0.25) is 5.91 Å². The molecule has 0 atom stereocenters. The zero-order valence-corrected chi connectivity index (χ0v) is 20.0. The molecule has 2 aliphatic heterocycles. The molecule has 1 saturated carbocycles. The second-order valence-electron chi connectivity index (χ2n) is 10.9. The standard InChI is InChI=1S/C25H38N4O3/c1-23(2,21(26)30)17-28-18-24(29(22(28)31)14-19-15-32-16-19)10-12-25(13-11-24,27(3)4)20-8-6-5-7-9-20/h5-9,19H,10-18H2,1-4H3,(H2,26,30)/t24-,25-. The third-order valence-corrected chi connectivity index (χ3v) is 8.14. The topological polar surface area (TPSA) is 79.1 Å². The molecule has 0 unspecified atom stereocenters. The summed E-state index contributed by atoms with van der Waals surface area (Å²) in [6.07, 6.45) is 3.85. The van der Waals surface area contributed by atoms with Crippen LogP contribution in [-0.4, -0.2) is 79.1 Å². The van der Waals surface area contributed by atoms with Gasteiger partial charge < -0.3 is 20.3 Å². The Morgan fingerprint density at radius 3 is 2.28 bits per heavy atom. The van der Waals surface area contributed by atoms with Gasteiger partial charge >= 0.3 is 6.03 Å². The van der Waals surface area contributed by atoms with E-state index < -0.39 is 5.41 Å². The number of ether oxygens (including phenoxy) is 1. The third kappa shape index (κ3) is 3.90. The lowest BCUT2D eigenvalue weighted by atomic mass is 9.68. The van der Waals surface area contributed by atoms with Crippen molar-refractivity contribution in [1.82, 2.24) is 14.7 Å². The fraction of sp³-hybridized carbons (Fsp3) is 0.680. The van der Waals surface area contributed by atoms with Crippen LogP contribution in [0.5, 0.6) is 0 Å². The quantitative estimate of drug-likeness (QED) is 0.704. The largest absolute Gasteiger partial charge is 0.381 e. The number of nitrogens with two attached hydrogens (primary N) is 1. The highest BCUT2D eigenvalue weighted by Gasteiger charge is 2.55. The van der Waals surface area contributed by atoms with Crippen molar-refractivity contribution in [3.05, 3.63) is 35.9 Å². The van der Waals surface area contributed by atoms with Gasteiger partial charge in [0, 0.05) is 31.1 Å². The maximum absolute atomic E-state index is 13.6. The Hall–Kier alpha value is -2.12. The number of carbonyl (C=O) groups excluding carboxylic acids is 2. The lowest BCUT2D eigenvalue weighted by Crippen LogP contribution is -2.57. The summed E-state index contributed by atoms with van der Waals surface area (Å²) in [5, 5.41) is 0. The molecule has 3 aliphatic rings. The smallest absolute Gasteiger partial charge is 0.320 e. The van der Waals surface area contributed by atoms with Crippen molar-refractivity contribution >= 4 is 11.9 Å². The third-order valence-electron chi connectivity index (χ3n) is 8.14. The van der Waals surface area contributed by atoms with Crippen LogP contribution in [0.15, 0.2) is 30.3 Å². The molecule has 2 heterocycles. The first-order valence-corrected chi connectivity index (χ1v) is 11.8. The van der Waals surface area contributed by atoms with E-state index in [-0.39, 0.29) is 23.0 Å². The van der Waals surface area contributed by atoms with Crippen LogP contribution in [0.1, 0.15) is 45.1 Å². The summed E-state index contributed by atoms with van der Waals surface area (Å²) in [5.41, 5.74) is 5.99. The predicted molar refractivity (Wildman–Crippen MR) is 124 cm³/mol. The molecule has 1 aromatic rings. The molecule has 7 heteroatoms. The number of amides is 3. The molecule has 3 amide bonds. The first-order valence-electron chi connectivity index (χ1n) is 11.8. The molecule has 1 spiro atoms. The minimum absolute atomic E-state index is 0.0271. The Labute approximate surface area is 191 Å². The lowest BCUT2D eigenvalue weighted by Gasteiger charge is -2.51. The van der Waals surface area contributed by atoms with E-state index >= 15 is 0 Å². The molecule has 7 nitrogen and oxygen atoms in total. The van der Waals surface area contributed by atoms with Gasteiger partial charge in [0.25, 0.3) is 0 Å². The first-order chi connectivity index (χ1) is 15.1. The molecule has 32 heavy (non-hydrogen) atoms. The zero-order valence-electron chi connectivity index (χ0n) is 20.0. The summed E-state index contributed by atoms with van der Waals surface area (Å²) >= 11 is 0. The number of rotatable bonds is 7. The monoisotopic (exact) mass is 442 g/mol. The highest BCUT2D eigenvalue weighted by atomic mass is 16.5. The minimum atomic E-state index is -0.751. The SMILES string of the molecule is CN(C)[C@]1(c2ccccc2)CC[C@@]2(CC1)CN(CC(C)(C)C(N)=O)C(=O)N2CC1COC1. The second-order valence-corrected chi connectivity index (χ2v) is 10.9. The fourth-order valence-electron chi connectivity index (χ4n) is 5.78. The van der Waals surface area contributed by atoms with Gasteiger partial charge in [0.05, 0.1) is 24.2 Å². The Kier molecular flexibility index (Phi) is 6.01. The van der Waals surface area contributed by atoms with Crippen LogP contribution < -0.4 is 5.73 Å². The van der Waals surface area contributed by atoms with Crippen LogP contribution in [0.2, 0.25) is 0 Å². The van der Waals surface area contributed by atoms with Crippen LogP contribution in [0.4, 0.5) is 4.79 Å². The van der Waals surface area contributed by atoms with Gasteiger partial charge in [-0.1, -0.05) is 30.3 Å². The summed E-state index contributed by atoms with van der Waals surface area (Å²) in [7, 11) is 4.33. The number of primary amides is 1. The minimum Gasteiger partial charge on any atom is -0.381 e. The summed E-state index contributed by atoms with van der Waals surface area (Å²) in [5.74, 6) is 0.0270. The molecule has 1 aromatic carbocycles. The number of hydrogen-bond acceptors (Lipinski definition) is 4. The second kappa shape index (κ2) is 8.34. The van der Waals surface area contributed by atoms with Crippen molar-refractivity contribution in [3.8, 4) is 0 Å². The van der Waals surface area contributed by atoms with Gasteiger partial charge in [-0.05, 0) is 59.2 Å². The molecule has 0 bridgehead atoms. The van der Waals surface area contributed by atoms with Gasteiger partial charge in [-0.2, -0.15) is 0 Å². The number of urea groups is 1. The molecule has 3 fully saturated rings. The van der Waals surface area contributed by atoms with Crippen molar-refractivity contribution in [2.24, 2.45) is 17.1 Å². The lowest BCUT2D eigenvalue weighted by molar-refractivity contribution is -0.126.